The van der Waals surface area contributed by atoms with E-state index in [0.717, 1.165) is 24.7 Å². The number of hydrogen-bond acceptors (Lipinski definition) is 1. The molecule has 144 valence electrons. The second kappa shape index (κ2) is 5.91. The van der Waals surface area contributed by atoms with Gasteiger partial charge in [-0.05, 0) is 93.3 Å². The first-order chi connectivity index (χ1) is 11.7. The lowest BCUT2D eigenvalue weighted by Gasteiger charge is -2.61. The Balaban J connectivity index is 1.56. The fourth-order valence-electron chi connectivity index (χ4n) is 7.68. The molecule has 4 aliphatic carbocycles. The van der Waals surface area contributed by atoms with Crippen LogP contribution in [0.5, 0.6) is 0 Å². The summed E-state index contributed by atoms with van der Waals surface area (Å²) in [5, 5.41) is 0. The lowest BCUT2D eigenvalue weighted by Crippen LogP contribution is -2.55. The van der Waals surface area contributed by atoms with E-state index < -0.39 is 5.92 Å². The van der Waals surface area contributed by atoms with E-state index in [2.05, 4.69) is 27.7 Å². The van der Waals surface area contributed by atoms with Gasteiger partial charge in [0.05, 0.1) is 12.2 Å². The Morgan fingerprint density at radius 1 is 0.840 bits per heavy atom. The molecule has 3 heteroatoms. The van der Waals surface area contributed by atoms with E-state index in [-0.39, 0.29) is 24.2 Å². The minimum atomic E-state index is -2.41. The number of ether oxygens (including phenoxy) is 1. The molecule has 4 fully saturated rings. The third-order valence-electron chi connectivity index (χ3n) is 8.99. The average molecular weight is 355 g/mol. The van der Waals surface area contributed by atoms with Crippen LogP contribution < -0.4 is 0 Å². The summed E-state index contributed by atoms with van der Waals surface area (Å²) >= 11 is 0. The molecule has 0 saturated heterocycles. The van der Waals surface area contributed by atoms with E-state index in [9.17, 15) is 8.78 Å². The topological polar surface area (TPSA) is 9.23 Å². The van der Waals surface area contributed by atoms with Crippen molar-refractivity contribution in [3.63, 3.8) is 0 Å². The van der Waals surface area contributed by atoms with Crippen LogP contribution in [0.2, 0.25) is 0 Å². The molecule has 0 N–H and O–H groups in total. The van der Waals surface area contributed by atoms with Crippen LogP contribution in [0.3, 0.4) is 0 Å². The highest BCUT2D eigenvalue weighted by Crippen LogP contribution is 2.67. The van der Waals surface area contributed by atoms with E-state index in [1.165, 1.54) is 32.1 Å². The summed E-state index contributed by atoms with van der Waals surface area (Å²) in [4.78, 5) is 0. The number of alkyl halides is 2. The van der Waals surface area contributed by atoms with E-state index in [0.29, 0.717) is 23.5 Å². The molecular formula is C22H36F2O. The van der Waals surface area contributed by atoms with Crippen molar-refractivity contribution in [2.45, 2.75) is 104 Å². The van der Waals surface area contributed by atoms with Crippen LogP contribution in [-0.2, 0) is 4.74 Å². The molecule has 25 heavy (non-hydrogen) atoms. The maximum atomic E-state index is 14.0. The standard InChI is InChI=1S/C22H36F2O/c1-14(2)25-19-8-7-17-16-6-5-15-13-22(23,24)12-11-20(15,3)18(16)9-10-21(17,19)4/h14-19H,5-13H2,1-4H3/t15?,16-,17?,18-,19-,20-,21-/m0/s1. The molecule has 7 atom stereocenters. The van der Waals surface area contributed by atoms with Gasteiger partial charge in [-0.25, -0.2) is 8.78 Å². The van der Waals surface area contributed by atoms with Gasteiger partial charge in [-0.2, -0.15) is 0 Å². The summed E-state index contributed by atoms with van der Waals surface area (Å²) in [6, 6.07) is 0. The second-order valence-corrected chi connectivity index (χ2v) is 10.5. The predicted octanol–water partition coefficient (Wildman–Crippen LogP) is 6.46. The number of hydrogen-bond donors (Lipinski definition) is 0. The van der Waals surface area contributed by atoms with Gasteiger partial charge in [-0.3, -0.25) is 0 Å². The van der Waals surface area contributed by atoms with Crippen molar-refractivity contribution < 1.29 is 13.5 Å². The second-order valence-electron chi connectivity index (χ2n) is 10.5. The van der Waals surface area contributed by atoms with Gasteiger partial charge in [0.1, 0.15) is 0 Å². The largest absolute Gasteiger partial charge is 0.375 e. The fourth-order valence-corrected chi connectivity index (χ4v) is 7.68. The van der Waals surface area contributed by atoms with Crippen LogP contribution in [0.1, 0.15) is 85.5 Å². The Morgan fingerprint density at radius 2 is 1.56 bits per heavy atom. The van der Waals surface area contributed by atoms with Crippen molar-refractivity contribution in [3.05, 3.63) is 0 Å². The SMILES string of the molecule is CC(C)O[C@H]1CCC2[C@@H]3CCC4CC(F)(F)CC[C@]4(C)[C@H]3CC[C@@]21C. The van der Waals surface area contributed by atoms with Crippen molar-refractivity contribution >= 4 is 0 Å². The number of halogens is 2. The minimum absolute atomic E-state index is 0.115. The zero-order valence-corrected chi connectivity index (χ0v) is 16.5. The molecule has 0 aliphatic heterocycles. The first kappa shape index (κ1) is 18.2. The molecule has 0 aromatic rings. The molecular weight excluding hydrogens is 318 g/mol. The van der Waals surface area contributed by atoms with Crippen molar-refractivity contribution in [3.8, 4) is 0 Å². The fraction of sp³-hybridized carbons (Fsp3) is 1.00. The zero-order valence-electron chi connectivity index (χ0n) is 16.5. The van der Waals surface area contributed by atoms with Crippen LogP contribution in [0.15, 0.2) is 0 Å². The van der Waals surface area contributed by atoms with Gasteiger partial charge in [0.2, 0.25) is 5.92 Å². The van der Waals surface area contributed by atoms with Gasteiger partial charge in [-0.1, -0.05) is 13.8 Å². The molecule has 1 nitrogen and oxygen atoms in total. The zero-order chi connectivity index (χ0) is 18.0. The Morgan fingerprint density at radius 3 is 2.28 bits per heavy atom. The van der Waals surface area contributed by atoms with Crippen LogP contribution in [0, 0.1) is 34.5 Å². The lowest BCUT2D eigenvalue weighted by atomic mass is 9.45. The average Bonchev–Trinajstić information content (AvgIpc) is 2.84. The Bertz CT molecular complexity index is 518. The summed E-state index contributed by atoms with van der Waals surface area (Å²) in [5.74, 6) is -0.0177. The van der Waals surface area contributed by atoms with Crippen molar-refractivity contribution in [1.29, 1.82) is 0 Å². The van der Waals surface area contributed by atoms with E-state index in [1.54, 1.807) is 0 Å². The van der Waals surface area contributed by atoms with Gasteiger partial charge < -0.3 is 4.74 Å². The molecule has 0 amide bonds. The third kappa shape index (κ3) is 2.78. The first-order valence-electron chi connectivity index (χ1n) is 10.7. The van der Waals surface area contributed by atoms with Gasteiger partial charge in [0.25, 0.3) is 0 Å². The lowest BCUT2D eigenvalue weighted by molar-refractivity contribution is -0.172. The minimum Gasteiger partial charge on any atom is -0.375 e. The summed E-state index contributed by atoms with van der Waals surface area (Å²) in [7, 11) is 0. The predicted molar refractivity (Wildman–Crippen MR) is 96.7 cm³/mol. The highest BCUT2D eigenvalue weighted by molar-refractivity contribution is 5.10. The van der Waals surface area contributed by atoms with E-state index >= 15 is 0 Å². The molecule has 2 unspecified atom stereocenters. The molecule has 0 heterocycles. The van der Waals surface area contributed by atoms with E-state index in [4.69, 9.17) is 4.74 Å². The molecule has 0 spiro atoms. The summed E-state index contributed by atoms with van der Waals surface area (Å²) in [5.41, 5.74) is 0.468. The van der Waals surface area contributed by atoms with Gasteiger partial charge in [-0.15, -0.1) is 0 Å². The van der Waals surface area contributed by atoms with E-state index in [1.807, 2.05) is 0 Å². The molecule has 4 rings (SSSR count). The van der Waals surface area contributed by atoms with Crippen LogP contribution in [0.4, 0.5) is 8.78 Å². The highest BCUT2D eigenvalue weighted by Gasteiger charge is 2.62. The van der Waals surface area contributed by atoms with Crippen LogP contribution >= 0.6 is 0 Å². The molecule has 0 bridgehead atoms. The Kier molecular flexibility index (Phi) is 4.30. The number of rotatable bonds is 2. The van der Waals surface area contributed by atoms with Gasteiger partial charge in [0.15, 0.2) is 0 Å². The molecule has 0 radical (unpaired) electrons. The van der Waals surface area contributed by atoms with Crippen molar-refractivity contribution in [1.82, 2.24) is 0 Å². The highest BCUT2D eigenvalue weighted by atomic mass is 19.3. The molecule has 4 aliphatic rings. The summed E-state index contributed by atoms with van der Waals surface area (Å²) in [6.45, 7) is 9.13. The maximum Gasteiger partial charge on any atom is 0.248 e. The normalized spacial score (nSPS) is 51.7. The number of fused-ring (bicyclic) bond motifs is 5. The monoisotopic (exact) mass is 354 g/mol. The Hall–Kier alpha value is -0.180. The summed E-state index contributed by atoms with van der Waals surface area (Å²) < 4.78 is 34.3. The van der Waals surface area contributed by atoms with Crippen molar-refractivity contribution in [2.75, 3.05) is 0 Å². The Labute approximate surface area is 152 Å². The van der Waals surface area contributed by atoms with Crippen LogP contribution in [0.25, 0.3) is 0 Å². The third-order valence-corrected chi connectivity index (χ3v) is 8.99. The van der Waals surface area contributed by atoms with Gasteiger partial charge in [0, 0.05) is 12.8 Å². The molecule has 0 aromatic heterocycles. The molecule has 0 aromatic carbocycles. The van der Waals surface area contributed by atoms with Crippen LogP contribution in [-0.4, -0.2) is 18.1 Å². The maximum absolute atomic E-state index is 14.0. The smallest absolute Gasteiger partial charge is 0.248 e. The van der Waals surface area contributed by atoms with Gasteiger partial charge >= 0.3 is 0 Å². The first-order valence-corrected chi connectivity index (χ1v) is 10.7. The quantitative estimate of drug-likeness (QED) is 0.553. The summed E-state index contributed by atoms with van der Waals surface area (Å²) in [6.07, 6.45) is 8.84. The molecule has 4 saturated carbocycles. The van der Waals surface area contributed by atoms with Crippen molar-refractivity contribution in [2.24, 2.45) is 34.5 Å².